The minimum Gasteiger partial charge on any atom is -0.396 e. The maximum absolute atomic E-state index is 13.5. The van der Waals surface area contributed by atoms with E-state index in [1.807, 2.05) is 12.1 Å². The Labute approximate surface area is 83.6 Å². The fourth-order valence-electron chi connectivity index (χ4n) is 1.63. The average molecular weight is 193 g/mol. The highest BCUT2D eigenvalue weighted by atomic mass is 19.1. The first-order valence-electron chi connectivity index (χ1n) is 4.95. The van der Waals surface area contributed by atoms with Gasteiger partial charge in [0.05, 0.1) is 0 Å². The molecule has 0 aliphatic heterocycles. The SMILES string of the molecule is [CH2]C(CO)c1ccc(C2CC2)c(F)c1. The number of benzene rings is 1. The van der Waals surface area contributed by atoms with Crippen LogP contribution in [0.4, 0.5) is 4.39 Å². The Kier molecular flexibility index (Phi) is 2.55. The molecule has 0 aromatic heterocycles. The molecule has 0 spiro atoms. The summed E-state index contributed by atoms with van der Waals surface area (Å²) in [5.41, 5.74) is 1.59. The summed E-state index contributed by atoms with van der Waals surface area (Å²) < 4.78 is 13.5. The lowest BCUT2D eigenvalue weighted by Crippen LogP contribution is -2.00. The highest BCUT2D eigenvalue weighted by Gasteiger charge is 2.26. The lowest BCUT2D eigenvalue weighted by molar-refractivity contribution is 0.282. The molecule has 0 amide bonds. The van der Waals surface area contributed by atoms with Crippen LogP contribution in [-0.4, -0.2) is 11.7 Å². The molecule has 1 atom stereocenters. The van der Waals surface area contributed by atoms with Crippen molar-refractivity contribution in [3.63, 3.8) is 0 Å². The van der Waals surface area contributed by atoms with Crippen LogP contribution in [0.25, 0.3) is 0 Å². The van der Waals surface area contributed by atoms with E-state index in [-0.39, 0.29) is 18.3 Å². The molecule has 14 heavy (non-hydrogen) atoms. The van der Waals surface area contributed by atoms with Crippen LogP contribution in [0.2, 0.25) is 0 Å². The van der Waals surface area contributed by atoms with E-state index in [1.54, 1.807) is 0 Å². The summed E-state index contributed by atoms with van der Waals surface area (Å²) in [6, 6.07) is 5.20. The fourth-order valence-corrected chi connectivity index (χ4v) is 1.63. The molecule has 75 valence electrons. The summed E-state index contributed by atoms with van der Waals surface area (Å²) in [4.78, 5) is 0. The highest BCUT2D eigenvalue weighted by Crippen LogP contribution is 2.41. The first kappa shape index (κ1) is 9.66. The molecular formula is C12H14FO. The molecule has 1 saturated carbocycles. The molecular weight excluding hydrogens is 179 g/mol. The van der Waals surface area contributed by atoms with Crippen molar-refractivity contribution in [3.05, 3.63) is 42.1 Å². The van der Waals surface area contributed by atoms with Gasteiger partial charge in [-0.15, -0.1) is 0 Å². The van der Waals surface area contributed by atoms with Gasteiger partial charge in [0.25, 0.3) is 0 Å². The molecule has 0 bridgehead atoms. The minimum absolute atomic E-state index is 0.0395. The van der Waals surface area contributed by atoms with Crippen molar-refractivity contribution in [3.8, 4) is 0 Å². The van der Waals surface area contributed by atoms with Crippen LogP contribution in [0.1, 0.15) is 35.8 Å². The lowest BCUT2D eigenvalue weighted by Gasteiger charge is -2.09. The zero-order valence-corrected chi connectivity index (χ0v) is 8.04. The second-order valence-corrected chi connectivity index (χ2v) is 3.93. The molecule has 1 fully saturated rings. The Balaban J connectivity index is 2.25. The van der Waals surface area contributed by atoms with Gasteiger partial charge < -0.3 is 5.11 Å². The normalized spacial score (nSPS) is 18.2. The van der Waals surface area contributed by atoms with Gasteiger partial charge in [0.2, 0.25) is 0 Å². The standard InChI is InChI=1S/C12H14FO/c1-8(7-14)10-4-5-11(9-2-3-9)12(13)6-10/h4-6,8-9,14H,1-3,7H2. The predicted molar refractivity (Wildman–Crippen MR) is 53.6 cm³/mol. The van der Waals surface area contributed by atoms with Crippen LogP contribution in [-0.2, 0) is 0 Å². The largest absolute Gasteiger partial charge is 0.396 e. The maximum Gasteiger partial charge on any atom is 0.126 e. The molecule has 1 aliphatic carbocycles. The van der Waals surface area contributed by atoms with Crippen LogP contribution in [0.5, 0.6) is 0 Å². The monoisotopic (exact) mass is 193 g/mol. The van der Waals surface area contributed by atoms with Crippen LogP contribution in [0.3, 0.4) is 0 Å². The molecule has 1 aromatic rings. The average Bonchev–Trinajstić information content (AvgIpc) is 3.00. The number of halogens is 1. The highest BCUT2D eigenvalue weighted by molar-refractivity contribution is 5.31. The van der Waals surface area contributed by atoms with Gasteiger partial charge in [0.1, 0.15) is 5.82 Å². The van der Waals surface area contributed by atoms with E-state index in [2.05, 4.69) is 6.92 Å². The Morgan fingerprint density at radius 1 is 1.50 bits per heavy atom. The van der Waals surface area contributed by atoms with Crippen molar-refractivity contribution >= 4 is 0 Å². The van der Waals surface area contributed by atoms with Crippen molar-refractivity contribution in [1.29, 1.82) is 0 Å². The van der Waals surface area contributed by atoms with Gasteiger partial charge in [-0.3, -0.25) is 0 Å². The van der Waals surface area contributed by atoms with E-state index in [1.165, 1.54) is 6.07 Å². The van der Waals surface area contributed by atoms with Crippen LogP contribution in [0, 0.1) is 12.7 Å². The fraction of sp³-hybridized carbons (Fsp3) is 0.417. The van der Waals surface area contributed by atoms with E-state index in [0.717, 1.165) is 24.0 Å². The predicted octanol–water partition coefficient (Wildman–Crippen LogP) is 2.61. The van der Waals surface area contributed by atoms with E-state index in [9.17, 15) is 4.39 Å². The first-order valence-corrected chi connectivity index (χ1v) is 4.95. The van der Waals surface area contributed by atoms with Crippen LogP contribution < -0.4 is 0 Å². The second kappa shape index (κ2) is 3.70. The number of aliphatic hydroxyl groups is 1. The van der Waals surface area contributed by atoms with E-state index >= 15 is 0 Å². The minimum atomic E-state index is -0.224. The van der Waals surface area contributed by atoms with Crippen molar-refractivity contribution in [2.45, 2.75) is 24.7 Å². The van der Waals surface area contributed by atoms with Crippen molar-refractivity contribution in [2.24, 2.45) is 0 Å². The third kappa shape index (κ3) is 1.80. The van der Waals surface area contributed by atoms with E-state index < -0.39 is 0 Å². The first-order chi connectivity index (χ1) is 6.72. The molecule has 1 unspecified atom stereocenters. The van der Waals surface area contributed by atoms with Gasteiger partial charge in [0.15, 0.2) is 0 Å². The zero-order chi connectivity index (χ0) is 10.1. The summed E-state index contributed by atoms with van der Waals surface area (Å²) in [5.74, 6) is 0.0614. The van der Waals surface area contributed by atoms with E-state index in [4.69, 9.17) is 5.11 Å². The van der Waals surface area contributed by atoms with Gasteiger partial charge in [-0.2, -0.15) is 0 Å². The Bertz CT molecular complexity index is 331. The molecule has 1 radical (unpaired) electrons. The molecule has 0 saturated heterocycles. The zero-order valence-electron chi connectivity index (χ0n) is 8.04. The van der Waals surface area contributed by atoms with Crippen molar-refractivity contribution in [1.82, 2.24) is 0 Å². The second-order valence-electron chi connectivity index (χ2n) is 3.93. The van der Waals surface area contributed by atoms with Gasteiger partial charge >= 0.3 is 0 Å². The van der Waals surface area contributed by atoms with Crippen molar-refractivity contribution < 1.29 is 9.50 Å². The number of rotatable bonds is 3. The molecule has 2 rings (SSSR count). The molecule has 1 nitrogen and oxygen atoms in total. The summed E-state index contributed by atoms with van der Waals surface area (Å²) in [5, 5.41) is 8.88. The van der Waals surface area contributed by atoms with Crippen LogP contribution in [0.15, 0.2) is 18.2 Å². The maximum atomic E-state index is 13.5. The van der Waals surface area contributed by atoms with Gasteiger partial charge in [-0.1, -0.05) is 12.1 Å². The topological polar surface area (TPSA) is 20.2 Å². The summed E-state index contributed by atoms with van der Waals surface area (Å²) >= 11 is 0. The quantitative estimate of drug-likeness (QED) is 0.782. The van der Waals surface area contributed by atoms with Crippen molar-refractivity contribution in [2.75, 3.05) is 6.61 Å². The molecule has 1 aromatic carbocycles. The number of aliphatic hydroxyl groups excluding tert-OH is 1. The lowest BCUT2D eigenvalue weighted by atomic mass is 9.99. The smallest absolute Gasteiger partial charge is 0.126 e. The summed E-state index contributed by atoms with van der Waals surface area (Å²) in [6.07, 6.45) is 2.20. The Hall–Kier alpha value is -0.890. The molecule has 2 heteroatoms. The Morgan fingerprint density at radius 2 is 2.21 bits per heavy atom. The third-order valence-electron chi connectivity index (χ3n) is 2.73. The summed E-state index contributed by atoms with van der Waals surface area (Å²) in [7, 11) is 0. The summed E-state index contributed by atoms with van der Waals surface area (Å²) in [6.45, 7) is 3.70. The number of hydrogen-bond acceptors (Lipinski definition) is 1. The molecule has 1 aliphatic rings. The number of hydrogen-bond donors (Lipinski definition) is 1. The molecule has 1 N–H and O–H groups in total. The van der Waals surface area contributed by atoms with Gasteiger partial charge in [0, 0.05) is 12.5 Å². The Morgan fingerprint density at radius 3 is 2.71 bits per heavy atom. The third-order valence-corrected chi connectivity index (χ3v) is 2.73. The van der Waals surface area contributed by atoms with Crippen LogP contribution >= 0.6 is 0 Å². The van der Waals surface area contributed by atoms with Gasteiger partial charge in [-0.05, 0) is 42.9 Å². The van der Waals surface area contributed by atoms with Gasteiger partial charge in [-0.25, -0.2) is 4.39 Å². The van der Waals surface area contributed by atoms with E-state index in [0.29, 0.717) is 5.92 Å². The molecule has 0 heterocycles.